The van der Waals surface area contributed by atoms with E-state index in [4.69, 9.17) is 0 Å². The van der Waals surface area contributed by atoms with Gasteiger partial charge in [0.1, 0.15) is 0 Å². The van der Waals surface area contributed by atoms with Crippen LogP contribution >= 0.6 is 0 Å². The molecule has 0 aromatic carbocycles. The third-order valence-electron chi connectivity index (χ3n) is 1.92. The molecule has 1 N–H and O–H groups in total. The average molecular weight is 125 g/mol. The zero-order chi connectivity index (χ0) is 6.69. The summed E-state index contributed by atoms with van der Waals surface area (Å²) in [7, 11) is 0. The Morgan fingerprint density at radius 2 is 2.56 bits per heavy atom. The van der Waals surface area contributed by atoms with Gasteiger partial charge in [-0.25, -0.2) is 0 Å². The lowest BCUT2D eigenvalue weighted by Gasteiger charge is -2.19. The fourth-order valence-corrected chi connectivity index (χ4v) is 1.10. The molecule has 52 valence electrons. The van der Waals surface area contributed by atoms with E-state index in [1.54, 1.807) is 5.57 Å². The van der Waals surface area contributed by atoms with E-state index in [9.17, 15) is 0 Å². The highest BCUT2D eigenvalue weighted by Gasteiger charge is 2.06. The molecule has 1 heterocycles. The van der Waals surface area contributed by atoms with Crippen LogP contribution in [0.5, 0.6) is 0 Å². The zero-order valence-electron chi connectivity index (χ0n) is 6.28. The highest BCUT2D eigenvalue weighted by molar-refractivity contribution is 5.04. The van der Waals surface area contributed by atoms with Gasteiger partial charge in [-0.15, -0.1) is 0 Å². The molecule has 0 aromatic rings. The first kappa shape index (κ1) is 6.66. The summed E-state index contributed by atoms with van der Waals surface area (Å²) in [6.45, 7) is 4.44. The molecular formula is C8H15N. The van der Waals surface area contributed by atoms with Crippen LogP contribution in [0.2, 0.25) is 0 Å². The molecule has 0 aromatic heterocycles. The minimum absolute atomic E-state index is 0.695. The molecule has 1 nitrogen and oxygen atoms in total. The summed E-state index contributed by atoms with van der Waals surface area (Å²) in [5.74, 6) is 0. The minimum atomic E-state index is 0.695. The highest BCUT2D eigenvalue weighted by atomic mass is 14.9. The van der Waals surface area contributed by atoms with Crippen LogP contribution in [0.4, 0.5) is 0 Å². The maximum atomic E-state index is 3.32. The topological polar surface area (TPSA) is 12.0 Å². The summed E-state index contributed by atoms with van der Waals surface area (Å²) in [5, 5.41) is 3.32. The van der Waals surface area contributed by atoms with Crippen LogP contribution in [-0.2, 0) is 0 Å². The third kappa shape index (κ3) is 1.74. The molecule has 0 aliphatic carbocycles. The normalized spacial score (nSPS) is 26.9. The predicted octanol–water partition coefficient (Wildman–Crippen LogP) is 2.05. The van der Waals surface area contributed by atoms with Gasteiger partial charge in [-0.3, -0.25) is 0 Å². The van der Waals surface area contributed by atoms with Gasteiger partial charge in [0.05, 0.1) is 0 Å². The molecule has 0 amide bonds. The largest absolute Gasteiger partial charge is 0.388 e. The van der Waals surface area contributed by atoms with Crippen molar-refractivity contribution in [3.63, 3.8) is 0 Å². The van der Waals surface area contributed by atoms with Crippen LogP contribution in [0.25, 0.3) is 0 Å². The number of allylic oxidation sites excluding steroid dienone is 1. The third-order valence-corrected chi connectivity index (χ3v) is 1.92. The zero-order valence-corrected chi connectivity index (χ0v) is 6.28. The van der Waals surface area contributed by atoms with Crippen molar-refractivity contribution >= 4 is 0 Å². The first-order chi connectivity index (χ1) is 4.33. The Balaban J connectivity index is 2.40. The van der Waals surface area contributed by atoms with Crippen molar-refractivity contribution in [2.24, 2.45) is 0 Å². The number of hydrogen-bond acceptors (Lipinski definition) is 1. The molecule has 0 saturated carbocycles. The van der Waals surface area contributed by atoms with Crippen molar-refractivity contribution in [1.29, 1.82) is 0 Å². The Bertz CT molecular complexity index is 116. The molecule has 0 saturated heterocycles. The Labute approximate surface area is 57.1 Å². The summed E-state index contributed by atoms with van der Waals surface area (Å²) in [6, 6.07) is 0.695. The summed E-state index contributed by atoms with van der Waals surface area (Å²) < 4.78 is 0. The molecule has 9 heavy (non-hydrogen) atoms. The highest BCUT2D eigenvalue weighted by Crippen LogP contribution is 2.14. The summed E-state index contributed by atoms with van der Waals surface area (Å²) in [6.07, 6.45) is 5.98. The molecular weight excluding hydrogens is 110 g/mol. The summed E-state index contributed by atoms with van der Waals surface area (Å²) in [4.78, 5) is 0. The van der Waals surface area contributed by atoms with Gasteiger partial charge in [-0.1, -0.05) is 12.5 Å². The molecule has 0 radical (unpaired) electrons. The van der Waals surface area contributed by atoms with Crippen molar-refractivity contribution in [3.8, 4) is 0 Å². The molecule has 1 aliphatic rings. The molecule has 1 rings (SSSR count). The van der Waals surface area contributed by atoms with Crippen molar-refractivity contribution < 1.29 is 0 Å². The quantitative estimate of drug-likeness (QED) is 0.565. The van der Waals surface area contributed by atoms with Gasteiger partial charge in [0, 0.05) is 6.04 Å². The monoisotopic (exact) mass is 125 g/mol. The Morgan fingerprint density at radius 1 is 1.78 bits per heavy atom. The van der Waals surface area contributed by atoms with Crippen molar-refractivity contribution in [2.75, 3.05) is 0 Å². The SMILES string of the molecule is CCC1=CN[C@H](C)CC1. The number of rotatable bonds is 1. The molecule has 1 heteroatoms. The van der Waals surface area contributed by atoms with Gasteiger partial charge < -0.3 is 5.32 Å². The van der Waals surface area contributed by atoms with Crippen LogP contribution < -0.4 is 5.32 Å². The molecule has 0 unspecified atom stereocenters. The second-order valence-electron chi connectivity index (χ2n) is 2.76. The van der Waals surface area contributed by atoms with Crippen molar-refractivity contribution in [3.05, 3.63) is 11.8 Å². The number of nitrogens with one attached hydrogen (secondary N) is 1. The van der Waals surface area contributed by atoms with Crippen LogP contribution in [0, 0.1) is 0 Å². The van der Waals surface area contributed by atoms with E-state index in [1.165, 1.54) is 19.3 Å². The molecule has 1 aliphatic heterocycles. The maximum Gasteiger partial charge on any atom is 0.0230 e. The maximum absolute atomic E-state index is 3.32. The van der Waals surface area contributed by atoms with Crippen molar-refractivity contribution in [1.82, 2.24) is 5.32 Å². The average Bonchev–Trinajstić information content (AvgIpc) is 1.90. The molecule has 0 fully saturated rings. The Hall–Kier alpha value is -0.460. The van der Waals surface area contributed by atoms with Gasteiger partial charge in [-0.2, -0.15) is 0 Å². The Morgan fingerprint density at radius 3 is 3.00 bits per heavy atom. The lowest BCUT2D eigenvalue weighted by molar-refractivity contribution is 0.546. The lowest BCUT2D eigenvalue weighted by atomic mass is 10.0. The molecule has 0 bridgehead atoms. The van der Waals surface area contributed by atoms with E-state index in [1.807, 2.05) is 0 Å². The van der Waals surface area contributed by atoms with Gasteiger partial charge >= 0.3 is 0 Å². The van der Waals surface area contributed by atoms with Crippen LogP contribution in [0.1, 0.15) is 33.1 Å². The standard InChI is InChI=1S/C8H15N/c1-3-8-5-4-7(2)9-6-8/h6-7,9H,3-5H2,1-2H3/t7-/m1/s1. The van der Waals surface area contributed by atoms with E-state index in [0.717, 1.165) is 0 Å². The van der Waals surface area contributed by atoms with Crippen LogP contribution in [0.3, 0.4) is 0 Å². The van der Waals surface area contributed by atoms with Gasteiger partial charge in [0.25, 0.3) is 0 Å². The smallest absolute Gasteiger partial charge is 0.0230 e. The van der Waals surface area contributed by atoms with E-state index < -0.39 is 0 Å². The second-order valence-corrected chi connectivity index (χ2v) is 2.76. The summed E-state index contributed by atoms with van der Waals surface area (Å²) in [5.41, 5.74) is 1.56. The fraction of sp³-hybridized carbons (Fsp3) is 0.750. The predicted molar refractivity (Wildman–Crippen MR) is 40.2 cm³/mol. The van der Waals surface area contributed by atoms with E-state index >= 15 is 0 Å². The first-order valence-corrected chi connectivity index (χ1v) is 3.77. The van der Waals surface area contributed by atoms with Crippen molar-refractivity contribution in [2.45, 2.75) is 39.2 Å². The molecule has 0 spiro atoms. The first-order valence-electron chi connectivity index (χ1n) is 3.77. The van der Waals surface area contributed by atoms with E-state index in [-0.39, 0.29) is 0 Å². The fourth-order valence-electron chi connectivity index (χ4n) is 1.10. The second kappa shape index (κ2) is 2.90. The lowest BCUT2D eigenvalue weighted by Crippen LogP contribution is -2.24. The van der Waals surface area contributed by atoms with E-state index in [2.05, 4.69) is 25.4 Å². The number of hydrogen-bond donors (Lipinski definition) is 1. The van der Waals surface area contributed by atoms with Gasteiger partial charge in [-0.05, 0) is 32.4 Å². The summed E-state index contributed by atoms with van der Waals surface area (Å²) >= 11 is 0. The van der Waals surface area contributed by atoms with Crippen LogP contribution in [0.15, 0.2) is 11.8 Å². The minimum Gasteiger partial charge on any atom is -0.388 e. The molecule has 1 atom stereocenters. The van der Waals surface area contributed by atoms with Crippen LogP contribution in [-0.4, -0.2) is 6.04 Å². The Kier molecular flexibility index (Phi) is 2.15. The van der Waals surface area contributed by atoms with E-state index in [0.29, 0.717) is 6.04 Å². The van der Waals surface area contributed by atoms with Gasteiger partial charge in [0.15, 0.2) is 0 Å². The van der Waals surface area contributed by atoms with Gasteiger partial charge in [0.2, 0.25) is 0 Å².